The van der Waals surface area contributed by atoms with Crippen molar-refractivity contribution in [3.05, 3.63) is 23.3 Å². The molecule has 1 aliphatic rings. The molecule has 8 heteroatoms. The van der Waals surface area contributed by atoms with Crippen molar-refractivity contribution in [2.45, 2.75) is 20.3 Å². The van der Waals surface area contributed by atoms with Crippen LogP contribution in [0.5, 0.6) is 0 Å². The highest BCUT2D eigenvalue weighted by Gasteiger charge is 2.34. The van der Waals surface area contributed by atoms with Gasteiger partial charge in [0.2, 0.25) is 15.9 Å². The monoisotopic (exact) mass is 339 g/mol. The van der Waals surface area contributed by atoms with E-state index in [0.29, 0.717) is 11.7 Å². The molecule has 6 nitrogen and oxygen atoms in total. The van der Waals surface area contributed by atoms with Gasteiger partial charge >= 0.3 is 0 Å². The minimum atomic E-state index is -3.57. The Kier molecular flexibility index (Phi) is 3.70. The zero-order chi connectivity index (χ0) is 16.1. The maximum absolute atomic E-state index is 12.2. The van der Waals surface area contributed by atoms with Crippen LogP contribution in [0.25, 0.3) is 10.2 Å². The molecule has 0 aliphatic carbocycles. The molecule has 22 heavy (non-hydrogen) atoms. The second-order valence-corrected chi connectivity index (χ2v) is 8.42. The Morgan fingerprint density at radius 1 is 1.41 bits per heavy atom. The highest BCUT2D eigenvalue weighted by Crippen LogP contribution is 2.34. The van der Waals surface area contributed by atoms with Crippen molar-refractivity contribution in [3.8, 4) is 0 Å². The van der Waals surface area contributed by atoms with Crippen LogP contribution in [-0.2, 0) is 14.8 Å². The smallest absolute Gasteiger partial charge is 0.229 e. The number of nitrogens with two attached hydrogens (primary N) is 1. The fourth-order valence-corrected chi connectivity index (χ4v) is 4.67. The van der Waals surface area contributed by atoms with Crippen LogP contribution in [0.2, 0.25) is 0 Å². The number of thiazole rings is 1. The topological polar surface area (TPSA) is 93.4 Å². The number of aromatic nitrogens is 1. The summed E-state index contributed by atoms with van der Waals surface area (Å²) in [5, 5.41) is 5.70. The van der Waals surface area contributed by atoms with Gasteiger partial charge in [-0.1, -0.05) is 17.4 Å². The number of anilines is 1. The standard InChI is InChI=1S/C14H17N3O3S2/c1-8-3-4-11-13(9(8)2)16-14(21-11)17-6-10(5-12(17)18)7-22(15,19)20/h3-4,10H,5-7H2,1-2H3,(H2,15,19,20). The molecule has 1 fully saturated rings. The van der Waals surface area contributed by atoms with Gasteiger partial charge in [0.05, 0.1) is 16.0 Å². The number of rotatable bonds is 3. The molecule has 0 saturated carbocycles. The van der Waals surface area contributed by atoms with Gasteiger partial charge in [-0.3, -0.25) is 9.69 Å². The highest BCUT2D eigenvalue weighted by atomic mass is 32.2. The van der Waals surface area contributed by atoms with E-state index in [-0.39, 0.29) is 24.0 Å². The molecular formula is C14H17N3O3S2. The quantitative estimate of drug-likeness (QED) is 0.918. The minimum Gasteiger partial charge on any atom is -0.288 e. The normalized spacial score (nSPS) is 19.3. The predicted molar refractivity (Wildman–Crippen MR) is 87.5 cm³/mol. The lowest BCUT2D eigenvalue weighted by Crippen LogP contribution is -2.27. The Balaban J connectivity index is 1.91. The fourth-order valence-electron chi connectivity index (χ4n) is 2.74. The Labute approximate surface area is 133 Å². The zero-order valence-corrected chi connectivity index (χ0v) is 14.0. The van der Waals surface area contributed by atoms with E-state index in [1.54, 1.807) is 4.90 Å². The van der Waals surface area contributed by atoms with E-state index in [4.69, 9.17) is 5.14 Å². The van der Waals surface area contributed by atoms with Crippen LogP contribution >= 0.6 is 11.3 Å². The highest BCUT2D eigenvalue weighted by molar-refractivity contribution is 7.89. The largest absolute Gasteiger partial charge is 0.288 e. The van der Waals surface area contributed by atoms with Crippen LogP contribution < -0.4 is 10.0 Å². The van der Waals surface area contributed by atoms with E-state index < -0.39 is 10.0 Å². The molecule has 0 spiro atoms. The summed E-state index contributed by atoms with van der Waals surface area (Å²) in [5.74, 6) is -0.530. The molecule has 118 valence electrons. The molecule has 1 saturated heterocycles. The molecule has 2 aromatic rings. The van der Waals surface area contributed by atoms with Crippen LogP contribution in [0.1, 0.15) is 17.5 Å². The van der Waals surface area contributed by atoms with Gasteiger partial charge in [0.1, 0.15) is 0 Å². The van der Waals surface area contributed by atoms with Gasteiger partial charge in [0, 0.05) is 18.9 Å². The van der Waals surface area contributed by atoms with E-state index in [1.165, 1.54) is 11.3 Å². The van der Waals surface area contributed by atoms with Gasteiger partial charge in [0.15, 0.2) is 5.13 Å². The van der Waals surface area contributed by atoms with E-state index in [1.807, 2.05) is 26.0 Å². The van der Waals surface area contributed by atoms with Crippen LogP contribution in [0.4, 0.5) is 5.13 Å². The molecule has 0 bridgehead atoms. The molecule has 0 radical (unpaired) electrons. The van der Waals surface area contributed by atoms with Gasteiger partial charge in [-0.05, 0) is 31.0 Å². The first-order chi connectivity index (χ1) is 10.2. The summed E-state index contributed by atoms with van der Waals surface area (Å²) in [7, 11) is -3.57. The van der Waals surface area contributed by atoms with Gasteiger partial charge in [0.25, 0.3) is 0 Å². The molecule has 1 unspecified atom stereocenters. The van der Waals surface area contributed by atoms with Crippen molar-refractivity contribution in [3.63, 3.8) is 0 Å². The third-order valence-electron chi connectivity index (χ3n) is 3.98. The number of aryl methyl sites for hydroxylation is 2. The number of primary sulfonamides is 1. The number of benzene rings is 1. The van der Waals surface area contributed by atoms with Crippen molar-refractivity contribution in [2.75, 3.05) is 17.2 Å². The Bertz CT molecular complexity index is 858. The van der Waals surface area contributed by atoms with Crippen molar-refractivity contribution in [1.29, 1.82) is 0 Å². The lowest BCUT2D eigenvalue weighted by Gasteiger charge is -2.12. The Hall–Kier alpha value is -1.51. The van der Waals surface area contributed by atoms with Crippen LogP contribution in [0.15, 0.2) is 12.1 Å². The summed E-state index contributed by atoms with van der Waals surface area (Å²) in [6.07, 6.45) is 0.199. The first-order valence-corrected chi connectivity index (χ1v) is 9.45. The van der Waals surface area contributed by atoms with Crippen molar-refractivity contribution in [2.24, 2.45) is 11.1 Å². The first-order valence-electron chi connectivity index (χ1n) is 6.92. The van der Waals surface area contributed by atoms with E-state index in [0.717, 1.165) is 21.3 Å². The third kappa shape index (κ3) is 2.86. The molecular weight excluding hydrogens is 322 g/mol. The van der Waals surface area contributed by atoms with Gasteiger partial charge < -0.3 is 0 Å². The lowest BCUT2D eigenvalue weighted by molar-refractivity contribution is -0.117. The van der Waals surface area contributed by atoms with Gasteiger partial charge in [-0.25, -0.2) is 18.5 Å². The molecule has 1 aromatic carbocycles. The third-order valence-corrected chi connectivity index (χ3v) is 5.96. The number of amides is 1. The summed E-state index contributed by atoms with van der Waals surface area (Å²) in [4.78, 5) is 18.3. The van der Waals surface area contributed by atoms with Crippen molar-refractivity contribution < 1.29 is 13.2 Å². The number of nitrogens with zero attached hydrogens (tertiary/aromatic N) is 2. The molecule has 1 atom stereocenters. The van der Waals surface area contributed by atoms with Gasteiger partial charge in [-0.15, -0.1) is 0 Å². The summed E-state index contributed by atoms with van der Waals surface area (Å²) in [6, 6.07) is 4.04. The van der Waals surface area contributed by atoms with E-state index in [2.05, 4.69) is 4.98 Å². The maximum Gasteiger partial charge on any atom is 0.229 e. The number of hydrogen-bond donors (Lipinski definition) is 1. The van der Waals surface area contributed by atoms with Crippen LogP contribution in [0.3, 0.4) is 0 Å². The first kappa shape index (κ1) is 15.4. The second kappa shape index (κ2) is 5.29. The number of sulfonamides is 1. The van der Waals surface area contributed by atoms with Crippen molar-refractivity contribution >= 4 is 42.6 Å². The minimum absolute atomic E-state index is 0.0953. The Morgan fingerprint density at radius 2 is 2.14 bits per heavy atom. The van der Waals surface area contributed by atoms with E-state index in [9.17, 15) is 13.2 Å². The molecule has 1 aliphatic heterocycles. The van der Waals surface area contributed by atoms with Crippen LogP contribution in [-0.4, -0.2) is 31.6 Å². The summed E-state index contributed by atoms with van der Waals surface area (Å²) in [5.41, 5.74) is 3.17. The molecule has 1 amide bonds. The SMILES string of the molecule is Cc1ccc2sc(N3CC(CS(N)(=O)=O)CC3=O)nc2c1C. The number of hydrogen-bond acceptors (Lipinski definition) is 5. The number of carbonyl (C=O) groups is 1. The molecule has 2 N–H and O–H groups in total. The maximum atomic E-state index is 12.2. The van der Waals surface area contributed by atoms with Crippen LogP contribution in [0, 0.1) is 19.8 Å². The molecule has 3 rings (SSSR count). The zero-order valence-electron chi connectivity index (χ0n) is 12.4. The number of fused-ring (bicyclic) bond motifs is 1. The molecule has 1 aromatic heterocycles. The predicted octanol–water partition coefficient (Wildman–Crippen LogP) is 1.55. The average Bonchev–Trinajstić information content (AvgIpc) is 2.96. The number of carbonyl (C=O) groups excluding carboxylic acids is 1. The van der Waals surface area contributed by atoms with E-state index >= 15 is 0 Å². The van der Waals surface area contributed by atoms with Gasteiger partial charge in [-0.2, -0.15) is 0 Å². The Morgan fingerprint density at radius 3 is 2.82 bits per heavy atom. The second-order valence-electron chi connectivity index (χ2n) is 5.75. The fraction of sp³-hybridized carbons (Fsp3) is 0.429. The molecule has 2 heterocycles. The summed E-state index contributed by atoms with van der Waals surface area (Å²) >= 11 is 1.45. The summed E-state index contributed by atoms with van der Waals surface area (Å²) in [6.45, 7) is 4.39. The average molecular weight is 339 g/mol. The van der Waals surface area contributed by atoms with Crippen molar-refractivity contribution in [1.82, 2.24) is 4.98 Å². The lowest BCUT2D eigenvalue weighted by atomic mass is 10.1. The summed E-state index contributed by atoms with van der Waals surface area (Å²) < 4.78 is 23.4.